The van der Waals surface area contributed by atoms with Gasteiger partial charge in [-0.1, -0.05) is 0 Å². The zero-order valence-corrected chi connectivity index (χ0v) is 13.5. The van der Waals surface area contributed by atoms with Crippen LogP contribution in [0, 0.1) is 0 Å². The number of Topliss-reactive ketones (excluding diaryl/α,β-unsaturated/α-hetero) is 1. The van der Waals surface area contributed by atoms with E-state index in [2.05, 4.69) is 22.9 Å². The molecule has 4 nitrogen and oxygen atoms in total. The molecule has 0 saturated carbocycles. The SMILES string of the molecule is CN1CCN(CCCOc2ccc3c(c2)CCCC3=O)CC1. The van der Waals surface area contributed by atoms with Crippen LogP contribution < -0.4 is 4.74 Å². The molecule has 1 aromatic carbocycles. The van der Waals surface area contributed by atoms with Gasteiger partial charge in [-0.3, -0.25) is 4.79 Å². The third kappa shape index (κ3) is 3.87. The number of hydrogen-bond donors (Lipinski definition) is 0. The summed E-state index contributed by atoms with van der Waals surface area (Å²) in [5.74, 6) is 1.19. The Kier molecular flexibility index (Phi) is 5.11. The number of nitrogens with zero attached hydrogens (tertiary/aromatic N) is 2. The molecule has 22 heavy (non-hydrogen) atoms. The second-order valence-electron chi connectivity index (χ2n) is 6.44. The fourth-order valence-corrected chi connectivity index (χ4v) is 3.26. The molecule has 3 rings (SSSR count). The van der Waals surface area contributed by atoms with Crippen LogP contribution in [0.15, 0.2) is 18.2 Å². The first-order valence-corrected chi connectivity index (χ1v) is 8.42. The monoisotopic (exact) mass is 302 g/mol. The Morgan fingerprint density at radius 3 is 2.77 bits per heavy atom. The molecule has 1 aliphatic heterocycles. The van der Waals surface area contributed by atoms with Crippen molar-refractivity contribution in [1.82, 2.24) is 9.80 Å². The Balaban J connectivity index is 1.43. The van der Waals surface area contributed by atoms with Crippen LogP contribution >= 0.6 is 0 Å². The average molecular weight is 302 g/mol. The lowest BCUT2D eigenvalue weighted by atomic mass is 9.90. The van der Waals surface area contributed by atoms with Gasteiger partial charge in [0.25, 0.3) is 0 Å². The molecular weight excluding hydrogens is 276 g/mol. The van der Waals surface area contributed by atoms with Crippen LogP contribution in [-0.2, 0) is 6.42 Å². The molecular formula is C18H26N2O2. The van der Waals surface area contributed by atoms with Crippen molar-refractivity contribution in [1.29, 1.82) is 0 Å². The number of aryl methyl sites for hydroxylation is 1. The summed E-state index contributed by atoms with van der Waals surface area (Å²) >= 11 is 0. The molecule has 0 bridgehead atoms. The number of ketones is 1. The standard InChI is InChI=1S/C18H26N2O2/c1-19-9-11-20(12-10-19)8-3-13-22-16-6-7-17-15(14-16)4-2-5-18(17)21/h6-7,14H,2-5,8-13H2,1H3. The smallest absolute Gasteiger partial charge is 0.163 e. The average Bonchev–Trinajstić information content (AvgIpc) is 2.53. The highest BCUT2D eigenvalue weighted by Gasteiger charge is 2.17. The normalized spacial score (nSPS) is 20.0. The van der Waals surface area contributed by atoms with Crippen LogP contribution in [0.4, 0.5) is 0 Å². The van der Waals surface area contributed by atoms with Gasteiger partial charge < -0.3 is 14.5 Å². The Labute approximate surface area is 133 Å². The van der Waals surface area contributed by atoms with E-state index in [1.165, 1.54) is 13.1 Å². The van der Waals surface area contributed by atoms with Gasteiger partial charge >= 0.3 is 0 Å². The fraction of sp³-hybridized carbons (Fsp3) is 0.611. The van der Waals surface area contributed by atoms with Crippen molar-refractivity contribution in [3.05, 3.63) is 29.3 Å². The quantitative estimate of drug-likeness (QED) is 0.781. The number of rotatable bonds is 5. The van der Waals surface area contributed by atoms with Crippen molar-refractivity contribution in [2.75, 3.05) is 46.4 Å². The summed E-state index contributed by atoms with van der Waals surface area (Å²) in [5, 5.41) is 0. The third-order valence-corrected chi connectivity index (χ3v) is 4.71. The number of carbonyl (C=O) groups is 1. The number of hydrogen-bond acceptors (Lipinski definition) is 4. The predicted molar refractivity (Wildman–Crippen MR) is 87.8 cm³/mol. The van der Waals surface area contributed by atoms with E-state index in [4.69, 9.17) is 4.74 Å². The first-order chi connectivity index (χ1) is 10.7. The summed E-state index contributed by atoms with van der Waals surface area (Å²) < 4.78 is 5.87. The van der Waals surface area contributed by atoms with Crippen LogP contribution in [0.2, 0.25) is 0 Å². The first-order valence-electron chi connectivity index (χ1n) is 8.42. The molecule has 120 valence electrons. The molecule has 1 aromatic rings. The summed E-state index contributed by atoms with van der Waals surface area (Å²) in [4.78, 5) is 16.7. The lowest BCUT2D eigenvalue weighted by molar-refractivity contribution is 0.0972. The van der Waals surface area contributed by atoms with Crippen molar-refractivity contribution in [3.8, 4) is 5.75 Å². The van der Waals surface area contributed by atoms with E-state index in [0.29, 0.717) is 6.42 Å². The van der Waals surface area contributed by atoms with E-state index in [1.54, 1.807) is 0 Å². The van der Waals surface area contributed by atoms with E-state index in [-0.39, 0.29) is 5.78 Å². The molecule has 4 heteroatoms. The molecule has 0 amide bonds. The molecule has 0 aromatic heterocycles. The summed E-state index contributed by atoms with van der Waals surface area (Å²) in [5.41, 5.74) is 2.06. The summed E-state index contributed by atoms with van der Waals surface area (Å²) in [7, 11) is 2.18. The van der Waals surface area contributed by atoms with Crippen molar-refractivity contribution >= 4 is 5.78 Å². The van der Waals surface area contributed by atoms with Gasteiger partial charge in [0.1, 0.15) is 5.75 Å². The largest absolute Gasteiger partial charge is 0.494 e. The topological polar surface area (TPSA) is 32.8 Å². The third-order valence-electron chi connectivity index (χ3n) is 4.71. The molecule has 1 saturated heterocycles. The van der Waals surface area contributed by atoms with Crippen LogP contribution in [-0.4, -0.2) is 62.0 Å². The van der Waals surface area contributed by atoms with Gasteiger partial charge in [-0.2, -0.15) is 0 Å². The predicted octanol–water partition coefficient (Wildman–Crippen LogP) is 2.22. The van der Waals surface area contributed by atoms with E-state index < -0.39 is 0 Å². The molecule has 2 aliphatic rings. The van der Waals surface area contributed by atoms with Gasteiger partial charge in [0.2, 0.25) is 0 Å². The van der Waals surface area contributed by atoms with E-state index in [1.807, 2.05) is 12.1 Å². The number of fused-ring (bicyclic) bond motifs is 1. The van der Waals surface area contributed by atoms with Crippen molar-refractivity contribution in [2.45, 2.75) is 25.7 Å². The van der Waals surface area contributed by atoms with Gasteiger partial charge in [-0.25, -0.2) is 0 Å². The van der Waals surface area contributed by atoms with Gasteiger partial charge in [0, 0.05) is 44.7 Å². The van der Waals surface area contributed by atoms with Crippen molar-refractivity contribution in [3.63, 3.8) is 0 Å². The van der Waals surface area contributed by atoms with E-state index in [9.17, 15) is 4.79 Å². The minimum atomic E-state index is 0.280. The van der Waals surface area contributed by atoms with Crippen molar-refractivity contribution < 1.29 is 9.53 Å². The minimum Gasteiger partial charge on any atom is -0.494 e. The highest BCUT2D eigenvalue weighted by Crippen LogP contribution is 2.25. The van der Waals surface area contributed by atoms with E-state index in [0.717, 1.165) is 62.4 Å². The molecule has 0 unspecified atom stereocenters. The number of likely N-dealkylation sites (N-methyl/N-ethyl adjacent to an activating group) is 1. The Morgan fingerprint density at radius 1 is 1.14 bits per heavy atom. The number of carbonyl (C=O) groups excluding carboxylic acids is 1. The number of benzene rings is 1. The number of ether oxygens (including phenoxy) is 1. The lowest BCUT2D eigenvalue weighted by Gasteiger charge is -2.32. The lowest BCUT2D eigenvalue weighted by Crippen LogP contribution is -2.44. The zero-order valence-electron chi connectivity index (χ0n) is 13.5. The maximum atomic E-state index is 11.8. The van der Waals surface area contributed by atoms with Gasteiger partial charge in [-0.05, 0) is 50.1 Å². The van der Waals surface area contributed by atoms with Crippen molar-refractivity contribution in [2.24, 2.45) is 0 Å². The Morgan fingerprint density at radius 2 is 1.95 bits per heavy atom. The molecule has 0 radical (unpaired) electrons. The molecule has 0 spiro atoms. The van der Waals surface area contributed by atoms with Crippen LogP contribution in [0.25, 0.3) is 0 Å². The summed E-state index contributed by atoms with van der Waals surface area (Å²) in [6.45, 7) is 6.52. The van der Waals surface area contributed by atoms with Crippen LogP contribution in [0.5, 0.6) is 5.75 Å². The summed E-state index contributed by atoms with van der Waals surface area (Å²) in [6.07, 6.45) is 3.72. The van der Waals surface area contributed by atoms with Gasteiger partial charge in [0.15, 0.2) is 5.78 Å². The maximum Gasteiger partial charge on any atom is 0.163 e. The highest BCUT2D eigenvalue weighted by molar-refractivity contribution is 5.98. The van der Waals surface area contributed by atoms with Crippen LogP contribution in [0.1, 0.15) is 35.2 Å². The number of piperazine rings is 1. The Bertz CT molecular complexity index is 522. The van der Waals surface area contributed by atoms with E-state index >= 15 is 0 Å². The summed E-state index contributed by atoms with van der Waals surface area (Å²) in [6, 6.07) is 5.94. The first kappa shape index (κ1) is 15.5. The van der Waals surface area contributed by atoms with Gasteiger partial charge in [0.05, 0.1) is 6.61 Å². The molecule has 1 fully saturated rings. The fourth-order valence-electron chi connectivity index (χ4n) is 3.26. The second-order valence-corrected chi connectivity index (χ2v) is 6.44. The van der Waals surface area contributed by atoms with Crippen LogP contribution in [0.3, 0.4) is 0 Å². The zero-order chi connectivity index (χ0) is 15.4. The molecule has 0 N–H and O–H groups in total. The van der Waals surface area contributed by atoms with Gasteiger partial charge in [-0.15, -0.1) is 0 Å². The Hall–Kier alpha value is -1.39. The molecule has 1 heterocycles. The second kappa shape index (κ2) is 7.25. The maximum absolute atomic E-state index is 11.8. The molecule has 0 atom stereocenters. The molecule has 1 aliphatic carbocycles. The minimum absolute atomic E-state index is 0.280. The highest BCUT2D eigenvalue weighted by atomic mass is 16.5.